The number of para-hydroxylation sites is 8. The first-order chi connectivity index (χ1) is 35.6. The van der Waals surface area contributed by atoms with E-state index in [1.54, 1.807) is 0 Å². The first-order valence-corrected chi connectivity index (χ1v) is 25.2. The summed E-state index contributed by atoms with van der Waals surface area (Å²) < 4.78 is 8.34. The van der Waals surface area contributed by atoms with Crippen LogP contribution in [-0.2, 0) is 0 Å². The second-order valence-electron chi connectivity index (χ2n) is 17.7. The van der Waals surface area contributed by atoms with E-state index in [4.69, 9.17) is 5.73 Å². The summed E-state index contributed by atoms with van der Waals surface area (Å²) in [5, 5.41) is 7.57. The Morgan fingerprint density at radius 1 is 0.278 bits per heavy atom. The van der Waals surface area contributed by atoms with Gasteiger partial charge in [-0.05, 0) is 156 Å². The highest BCUT2D eigenvalue weighted by Crippen LogP contribution is 2.42. The number of nitrogens with two attached hydrogens (primary N) is 1. The topological polar surface area (TPSA) is 44.0 Å². The molecule has 0 bridgehead atoms. The Morgan fingerprint density at radius 2 is 0.583 bits per heavy atom. The number of rotatable bonds is 6. The summed E-state index contributed by atoms with van der Waals surface area (Å²) in [6.07, 6.45) is 0. The summed E-state index contributed by atoms with van der Waals surface area (Å²) >= 11 is 2.38. The van der Waals surface area contributed by atoms with Crippen molar-refractivity contribution in [2.75, 3.05) is 10.6 Å². The van der Waals surface area contributed by atoms with Crippen LogP contribution in [0.3, 0.4) is 0 Å². The lowest BCUT2D eigenvalue weighted by molar-refractivity contribution is 1.18. The first kappa shape index (κ1) is 44.4. The molecule has 14 rings (SSSR count). The van der Waals surface area contributed by atoms with Gasteiger partial charge in [-0.25, -0.2) is 0 Å². The Hall–Kier alpha value is -8.85. The number of halogens is 1. The van der Waals surface area contributed by atoms with Crippen molar-refractivity contribution in [1.29, 1.82) is 0 Å². The molecule has 0 fully saturated rings. The molecule has 5 nitrogen and oxygen atoms in total. The van der Waals surface area contributed by atoms with E-state index in [0.717, 1.165) is 34.1 Å². The quantitative estimate of drug-likeness (QED) is 0.133. The van der Waals surface area contributed by atoms with Gasteiger partial charge in [0, 0.05) is 75.7 Å². The molecule has 0 saturated carbocycles. The number of fused-ring (bicyclic) bond motifs is 9. The van der Waals surface area contributed by atoms with Crippen molar-refractivity contribution in [2.45, 2.75) is 0 Å². The zero-order valence-corrected chi connectivity index (χ0v) is 41.5. The van der Waals surface area contributed by atoms with Gasteiger partial charge in [-0.15, -0.1) is 0 Å². The Morgan fingerprint density at radius 3 is 0.958 bits per heavy atom. The Balaban J connectivity index is 0.000000168. The van der Waals surface area contributed by atoms with Crippen LogP contribution in [0.1, 0.15) is 1.43 Å². The van der Waals surface area contributed by atoms with Crippen molar-refractivity contribution in [2.24, 2.45) is 0 Å². The van der Waals surface area contributed by atoms with E-state index in [1.165, 1.54) is 74.7 Å². The summed E-state index contributed by atoms with van der Waals surface area (Å²) in [6.45, 7) is 0. The van der Waals surface area contributed by atoms with Gasteiger partial charge in [-0.1, -0.05) is 146 Å². The van der Waals surface area contributed by atoms with Crippen molar-refractivity contribution in [1.82, 2.24) is 13.7 Å². The number of aromatic nitrogens is 3. The van der Waals surface area contributed by atoms with Gasteiger partial charge in [0.05, 0.1) is 33.1 Å². The summed E-state index contributed by atoms with van der Waals surface area (Å²) in [6, 6.07) is 98.4. The molecule has 0 amide bonds. The van der Waals surface area contributed by atoms with Gasteiger partial charge in [-0.3, -0.25) is 0 Å². The van der Waals surface area contributed by atoms with Crippen LogP contribution in [0.25, 0.3) is 82.5 Å². The number of hydrogen-bond donors (Lipinski definition) is 1. The lowest BCUT2D eigenvalue weighted by atomic mass is 10.1. The first-order valence-electron chi connectivity index (χ1n) is 24.2. The second-order valence-corrected chi connectivity index (χ2v) is 19.0. The maximum absolute atomic E-state index is 5.36. The fraction of sp³-hybridized carbons (Fsp3) is 0. The fourth-order valence-electron chi connectivity index (χ4n) is 10.2. The minimum absolute atomic E-state index is 0. The van der Waals surface area contributed by atoms with Gasteiger partial charge in [0.1, 0.15) is 0 Å². The van der Waals surface area contributed by atoms with Crippen LogP contribution < -0.4 is 10.6 Å². The maximum Gasteiger partial charge on any atom is 0.0542 e. The average Bonchev–Trinajstić information content (AvgIpc) is 4.08. The van der Waals surface area contributed by atoms with Crippen LogP contribution in [-0.4, -0.2) is 13.7 Å². The number of hydrogen-bond acceptors (Lipinski definition) is 2. The molecule has 0 aliphatic rings. The maximum atomic E-state index is 5.36. The van der Waals surface area contributed by atoms with Gasteiger partial charge in [-0.2, -0.15) is 0 Å². The van der Waals surface area contributed by atoms with Crippen LogP contribution in [0, 0.1) is 3.57 Å². The molecule has 346 valence electrons. The van der Waals surface area contributed by atoms with Crippen LogP contribution in [0.2, 0.25) is 0 Å². The zero-order chi connectivity index (χ0) is 48.4. The third-order valence-corrected chi connectivity index (χ3v) is 14.0. The lowest BCUT2D eigenvalue weighted by Crippen LogP contribution is -2.09. The van der Waals surface area contributed by atoms with E-state index in [1.807, 2.05) is 30.3 Å². The molecule has 3 aromatic heterocycles. The molecule has 14 aromatic rings. The molecule has 0 unspecified atom stereocenters. The highest BCUT2D eigenvalue weighted by molar-refractivity contribution is 14.1. The molecule has 3 heterocycles. The summed E-state index contributed by atoms with van der Waals surface area (Å²) in [5.41, 5.74) is 20.4. The SMILES string of the molecule is Ic1ccc2c(c1)c1ccccc1n2-c1ccccc1.Nc1ccccc1.[2H-].c1ccc(N(c2ccc3c(c2)c2ccccc2n3-c2ccccc2)c2ccc3c(c2)c2ccccc2n3-c2ccccc2)cc1. The molecular weight excluding hydrogens is 990 g/mol. The smallest absolute Gasteiger partial charge is 0.0542 e. The normalized spacial score (nSPS) is 11.2. The van der Waals surface area contributed by atoms with Crippen molar-refractivity contribution in [3.05, 3.63) is 283 Å². The Bertz CT molecular complexity index is 4010. The van der Waals surface area contributed by atoms with Crippen LogP contribution in [0.15, 0.2) is 279 Å². The molecule has 0 aliphatic heterocycles. The van der Waals surface area contributed by atoms with Crippen molar-refractivity contribution < 1.29 is 1.43 Å². The Labute approximate surface area is 433 Å². The minimum atomic E-state index is 0. The molecular formula is C66H49IN5-. The number of benzene rings is 11. The number of nitrogens with zero attached hydrogens (tertiary/aromatic N) is 4. The van der Waals surface area contributed by atoms with Gasteiger partial charge < -0.3 is 25.8 Å². The van der Waals surface area contributed by atoms with E-state index in [-0.39, 0.29) is 1.43 Å². The number of nitrogen functional groups attached to an aromatic ring is 1. The second kappa shape index (κ2) is 19.5. The van der Waals surface area contributed by atoms with Crippen LogP contribution >= 0.6 is 22.6 Å². The summed E-state index contributed by atoms with van der Waals surface area (Å²) in [4.78, 5) is 2.38. The molecule has 0 saturated heterocycles. The average molecular weight is 1040 g/mol. The van der Waals surface area contributed by atoms with E-state index in [0.29, 0.717) is 0 Å². The molecule has 2 N–H and O–H groups in total. The van der Waals surface area contributed by atoms with Gasteiger partial charge in [0.25, 0.3) is 0 Å². The third kappa shape index (κ3) is 8.31. The monoisotopic (exact) mass is 1040 g/mol. The molecule has 0 atom stereocenters. The Kier molecular flexibility index (Phi) is 12.0. The highest BCUT2D eigenvalue weighted by Gasteiger charge is 2.20. The zero-order valence-electron chi connectivity index (χ0n) is 40.3. The molecule has 0 aliphatic carbocycles. The molecule has 0 radical (unpaired) electrons. The minimum Gasteiger partial charge on any atom is -1.00 e. The molecule has 72 heavy (non-hydrogen) atoms. The van der Waals surface area contributed by atoms with E-state index in [9.17, 15) is 0 Å². The third-order valence-electron chi connectivity index (χ3n) is 13.3. The number of anilines is 4. The fourth-order valence-corrected chi connectivity index (χ4v) is 10.7. The van der Waals surface area contributed by atoms with Crippen molar-refractivity contribution in [3.63, 3.8) is 0 Å². The standard InChI is InChI=1S/C42H29N3.C18H12IN.C6H7N.H/c1-4-14-30(15-5-1)43(33-24-26-41-37(28-33)35-20-10-12-22-39(35)44(41)31-16-6-2-7-17-31)34-25-27-42-38(29-34)36-21-11-13-23-40(36)45(42)32-18-8-3-9-19-32;19-13-10-11-18-16(12-13)15-8-4-5-9-17(15)20(18)14-6-2-1-3-7-14;7-6-4-2-1-3-5-6;/h1-29H;1-12H;1-5H,7H2;/q;;;-1/i;;;1+1. The van der Waals surface area contributed by atoms with E-state index in [2.05, 4.69) is 290 Å². The summed E-state index contributed by atoms with van der Waals surface area (Å²) in [5.74, 6) is 0. The van der Waals surface area contributed by atoms with E-state index >= 15 is 0 Å². The molecule has 6 heteroatoms. The lowest BCUT2D eigenvalue weighted by Gasteiger charge is -2.26. The van der Waals surface area contributed by atoms with Gasteiger partial charge >= 0.3 is 0 Å². The molecule has 11 aromatic carbocycles. The van der Waals surface area contributed by atoms with Gasteiger partial charge in [0.2, 0.25) is 0 Å². The molecule has 0 spiro atoms. The van der Waals surface area contributed by atoms with Crippen LogP contribution in [0.4, 0.5) is 22.7 Å². The van der Waals surface area contributed by atoms with Crippen molar-refractivity contribution in [3.8, 4) is 17.1 Å². The predicted octanol–water partition coefficient (Wildman–Crippen LogP) is 18.1. The van der Waals surface area contributed by atoms with Gasteiger partial charge in [0.15, 0.2) is 0 Å². The van der Waals surface area contributed by atoms with Crippen LogP contribution in [0.5, 0.6) is 0 Å². The predicted molar refractivity (Wildman–Crippen MR) is 315 cm³/mol. The highest BCUT2D eigenvalue weighted by atomic mass is 127. The summed E-state index contributed by atoms with van der Waals surface area (Å²) in [7, 11) is 0. The van der Waals surface area contributed by atoms with E-state index < -0.39 is 0 Å². The largest absolute Gasteiger partial charge is 1.00 e. The van der Waals surface area contributed by atoms with Crippen molar-refractivity contribution >= 4 is 111 Å².